The summed E-state index contributed by atoms with van der Waals surface area (Å²) in [7, 11) is -3.57. The molecular weight excluding hydrogens is 343 g/mol. The summed E-state index contributed by atoms with van der Waals surface area (Å²) >= 11 is 0. The number of rotatable bonds is 7. The Morgan fingerprint density at radius 1 is 1.12 bits per heavy atom. The van der Waals surface area contributed by atoms with Crippen LogP contribution in [0.25, 0.3) is 0 Å². The first-order valence-electron chi connectivity index (χ1n) is 8.10. The topological polar surface area (TPSA) is 75.3 Å². The molecule has 2 aromatic carbocycles. The van der Waals surface area contributed by atoms with Crippen molar-refractivity contribution in [2.24, 2.45) is 0 Å². The van der Waals surface area contributed by atoms with Gasteiger partial charge in [0, 0.05) is 18.2 Å². The van der Waals surface area contributed by atoms with Crippen LogP contribution in [0.2, 0.25) is 0 Å². The smallest absolute Gasteiger partial charge is 0.240 e. The minimum absolute atomic E-state index is 0.0176. The molecule has 0 bridgehead atoms. The molecule has 0 heterocycles. The van der Waals surface area contributed by atoms with Gasteiger partial charge in [0.1, 0.15) is 5.82 Å². The van der Waals surface area contributed by atoms with Crippen LogP contribution in [0.15, 0.2) is 53.4 Å². The molecule has 0 atom stereocenters. The Bertz CT molecular complexity index is 879. The predicted molar refractivity (Wildman–Crippen MR) is 93.1 cm³/mol. The van der Waals surface area contributed by atoms with Crippen molar-refractivity contribution in [3.8, 4) is 0 Å². The second-order valence-electron chi connectivity index (χ2n) is 6.06. The Kier molecular flexibility index (Phi) is 5.15. The Morgan fingerprint density at radius 2 is 1.88 bits per heavy atom. The average molecular weight is 362 g/mol. The van der Waals surface area contributed by atoms with Crippen molar-refractivity contribution in [1.29, 1.82) is 0 Å². The highest BCUT2D eigenvalue weighted by Crippen LogP contribution is 2.23. The third kappa shape index (κ3) is 4.87. The first-order chi connectivity index (χ1) is 11.9. The molecule has 132 valence electrons. The lowest BCUT2D eigenvalue weighted by Gasteiger charge is -2.09. The standard InChI is InChI=1S/C18H19FN2O3S/c19-17-7-2-1-4-13(17)8-11-18(22)20-15-5-3-6-16(12-15)25(23,24)21-14-9-10-14/h1-7,12,14,21H,8-11H2,(H,20,22). The normalized spacial score (nSPS) is 14.3. The average Bonchev–Trinajstić information content (AvgIpc) is 3.38. The lowest BCUT2D eigenvalue weighted by atomic mass is 10.1. The van der Waals surface area contributed by atoms with Crippen molar-refractivity contribution in [1.82, 2.24) is 4.72 Å². The predicted octanol–water partition coefficient (Wildman–Crippen LogP) is 2.84. The molecule has 0 radical (unpaired) electrons. The maximum Gasteiger partial charge on any atom is 0.240 e. The molecule has 1 aliphatic carbocycles. The van der Waals surface area contributed by atoms with Crippen molar-refractivity contribution < 1.29 is 17.6 Å². The first kappa shape index (κ1) is 17.6. The zero-order chi connectivity index (χ0) is 17.9. The molecule has 7 heteroatoms. The van der Waals surface area contributed by atoms with Gasteiger partial charge in [-0.1, -0.05) is 24.3 Å². The summed E-state index contributed by atoms with van der Waals surface area (Å²) in [5, 5.41) is 2.66. The summed E-state index contributed by atoms with van der Waals surface area (Å²) in [4.78, 5) is 12.2. The molecular formula is C18H19FN2O3S. The van der Waals surface area contributed by atoms with E-state index < -0.39 is 10.0 Å². The van der Waals surface area contributed by atoms with E-state index in [9.17, 15) is 17.6 Å². The SMILES string of the molecule is O=C(CCc1ccccc1F)Nc1cccc(S(=O)(=O)NC2CC2)c1. The molecule has 1 saturated carbocycles. The molecule has 1 amide bonds. The van der Waals surface area contributed by atoms with Crippen molar-refractivity contribution in [3.05, 3.63) is 59.9 Å². The van der Waals surface area contributed by atoms with Gasteiger partial charge in [-0.3, -0.25) is 4.79 Å². The number of carbonyl (C=O) groups excluding carboxylic acids is 1. The summed E-state index contributed by atoms with van der Waals surface area (Å²) < 4.78 is 40.6. The third-order valence-electron chi connectivity index (χ3n) is 3.91. The van der Waals surface area contributed by atoms with Crippen LogP contribution in [0, 0.1) is 5.82 Å². The van der Waals surface area contributed by atoms with Gasteiger partial charge in [0.2, 0.25) is 15.9 Å². The third-order valence-corrected chi connectivity index (χ3v) is 5.42. The number of halogens is 1. The summed E-state index contributed by atoms with van der Waals surface area (Å²) in [6.45, 7) is 0. The van der Waals surface area contributed by atoms with E-state index in [0.29, 0.717) is 11.3 Å². The van der Waals surface area contributed by atoms with Gasteiger partial charge >= 0.3 is 0 Å². The number of benzene rings is 2. The van der Waals surface area contributed by atoms with Gasteiger partial charge in [-0.15, -0.1) is 0 Å². The second-order valence-corrected chi connectivity index (χ2v) is 7.78. The number of anilines is 1. The van der Waals surface area contributed by atoms with Crippen LogP contribution in [-0.4, -0.2) is 20.4 Å². The molecule has 25 heavy (non-hydrogen) atoms. The maximum absolute atomic E-state index is 13.6. The lowest BCUT2D eigenvalue weighted by molar-refractivity contribution is -0.116. The molecule has 5 nitrogen and oxygen atoms in total. The van der Waals surface area contributed by atoms with Crippen LogP contribution in [0.1, 0.15) is 24.8 Å². The number of hydrogen-bond acceptors (Lipinski definition) is 3. The highest BCUT2D eigenvalue weighted by molar-refractivity contribution is 7.89. The zero-order valence-electron chi connectivity index (χ0n) is 13.5. The molecule has 0 unspecified atom stereocenters. The van der Waals surface area contributed by atoms with E-state index >= 15 is 0 Å². The van der Waals surface area contributed by atoms with Gasteiger partial charge in [-0.25, -0.2) is 17.5 Å². The van der Waals surface area contributed by atoms with E-state index in [1.165, 1.54) is 18.2 Å². The molecule has 0 spiro atoms. The van der Waals surface area contributed by atoms with Gasteiger partial charge in [-0.2, -0.15) is 0 Å². The van der Waals surface area contributed by atoms with Crippen LogP contribution in [0.3, 0.4) is 0 Å². The minimum atomic E-state index is -3.57. The van der Waals surface area contributed by atoms with Crippen LogP contribution in [0.4, 0.5) is 10.1 Å². The van der Waals surface area contributed by atoms with Crippen molar-refractivity contribution in [2.75, 3.05) is 5.32 Å². The highest BCUT2D eigenvalue weighted by atomic mass is 32.2. The molecule has 1 fully saturated rings. The molecule has 0 saturated heterocycles. The highest BCUT2D eigenvalue weighted by Gasteiger charge is 2.28. The van der Waals surface area contributed by atoms with E-state index in [1.807, 2.05) is 0 Å². The Labute approximate surface area is 146 Å². The minimum Gasteiger partial charge on any atom is -0.326 e. The van der Waals surface area contributed by atoms with Crippen molar-refractivity contribution in [2.45, 2.75) is 36.6 Å². The van der Waals surface area contributed by atoms with Crippen LogP contribution in [0.5, 0.6) is 0 Å². The first-order valence-corrected chi connectivity index (χ1v) is 9.58. The fourth-order valence-electron chi connectivity index (χ4n) is 2.40. The van der Waals surface area contributed by atoms with E-state index in [0.717, 1.165) is 12.8 Å². The van der Waals surface area contributed by atoms with E-state index in [2.05, 4.69) is 10.0 Å². The van der Waals surface area contributed by atoms with Crippen molar-refractivity contribution >= 4 is 21.6 Å². The number of sulfonamides is 1. The second kappa shape index (κ2) is 7.33. The van der Waals surface area contributed by atoms with Gasteiger partial charge in [0.25, 0.3) is 0 Å². The van der Waals surface area contributed by atoms with Gasteiger partial charge in [0.15, 0.2) is 0 Å². The molecule has 1 aliphatic rings. The van der Waals surface area contributed by atoms with Crippen molar-refractivity contribution in [3.63, 3.8) is 0 Å². The Hall–Kier alpha value is -2.25. The van der Waals surface area contributed by atoms with Crippen LogP contribution >= 0.6 is 0 Å². The van der Waals surface area contributed by atoms with Gasteiger partial charge in [0.05, 0.1) is 4.90 Å². The number of nitrogens with one attached hydrogen (secondary N) is 2. The fraction of sp³-hybridized carbons (Fsp3) is 0.278. The fourth-order valence-corrected chi connectivity index (χ4v) is 3.75. The van der Waals surface area contributed by atoms with E-state index in [-0.39, 0.29) is 35.5 Å². The summed E-state index contributed by atoms with van der Waals surface area (Å²) in [5.41, 5.74) is 0.875. The molecule has 0 aliphatic heterocycles. The largest absolute Gasteiger partial charge is 0.326 e. The number of amides is 1. The molecule has 3 rings (SSSR count). The quantitative estimate of drug-likeness (QED) is 0.795. The van der Waals surface area contributed by atoms with Crippen LogP contribution < -0.4 is 10.0 Å². The molecule has 2 aromatic rings. The summed E-state index contributed by atoms with van der Waals surface area (Å²) in [5.74, 6) is -0.637. The van der Waals surface area contributed by atoms with Crippen LogP contribution in [-0.2, 0) is 21.2 Å². The number of carbonyl (C=O) groups is 1. The van der Waals surface area contributed by atoms with Gasteiger partial charge in [-0.05, 0) is 49.1 Å². The summed E-state index contributed by atoms with van der Waals surface area (Å²) in [6, 6.07) is 12.4. The maximum atomic E-state index is 13.6. The lowest BCUT2D eigenvalue weighted by Crippen LogP contribution is -2.25. The Balaban J connectivity index is 1.61. The van der Waals surface area contributed by atoms with E-state index in [4.69, 9.17) is 0 Å². The number of hydrogen-bond donors (Lipinski definition) is 2. The van der Waals surface area contributed by atoms with Gasteiger partial charge < -0.3 is 5.32 Å². The number of aryl methyl sites for hydroxylation is 1. The molecule has 0 aromatic heterocycles. The monoisotopic (exact) mass is 362 g/mol. The zero-order valence-corrected chi connectivity index (χ0v) is 14.4. The summed E-state index contributed by atoms with van der Waals surface area (Å²) in [6.07, 6.45) is 2.09. The molecule has 2 N–H and O–H groups in total. The Morgan fingerprint density at radius 3 is 2.60 bits per heavy atom. The van der Waals surface area contributed by atoms with E-state index in [1.54, 1.807) is 30.3 Å².